The fraction of sp³-hybridized carbons (Fsp3) is 0.400. The third-order valence-electron chi connectivity index (χ3n) is 2.54. The van der Waals surface area contributed by atoms with Crippen molar-refractivity contribution in [3.05, 3.63) is 34.4 Å². The molecule has 1 aliphatic rings. The highest BCUT2D eigenvalue weighted by Gasteiger charge is 2.12. The maximum atomic E-state index is 10.3. The number of hydrazine groups is 1. The first-order chi connectivity index (χ1) is 7.25. The molecule has 0 atom stereocenters. The summed E-state index contributed by atoms with van der Waals surface area (Å²) < 4.78 is 0. The highest BCUT2D eigenvalue weighted by molar-refractivity contribution is 5.57. The smallest absolute Gasteiger partial charge is 0.162 e. The summed E-state index contributed by atoms with van der Waals surface area (Å²) in [7, 11) is 0. The summed E-state index contributed by atoms with van der Waals surface area (Å²) in [5.41, 5.74) is 3.75. The summed E-state index contributed by atoms with van der Waals surface area (Å²) in [5, 5.41) is 9.74. The van der Waals surface area contributed by atoms with E-state index in [0.717, 1.165) is 18.8 Å². The molecule has 5 nitrogen and oxygen atoms in total. The number of hydrogen-bond donors (Lipinski definition) is 1. The zero-order valence-corrected chi connectivity index (χ0v) is 8.35. The third-order valence-corrected chi connectivity index (χ3v) is 2.54. The highest BCUT2D eigenvalue weighted by atomic mass is 16.7. The molecule has 0 saturated carbocycles. The lowest BCUT2D eigenvalue weighted by Crippen LogP contribution is -2.17. The van der Waals surface area contributed by atoms with Crippen LogP contribution in [0.3, 0.4) is 0 Å². The van der Waals surface area contributed by atoms with Gasteiger partial charge in [0.2, 0.25) is 0 Å². The Kier molecular flexibility index (Phi) is 2.71. The molecule has 1 aromatic rings. The van der Waals surface area contributed by atoms with Crippen LogP contribution in [0.1, 0.15) is 12.8 Å². The van der Waals surface area contributed by atoms with Gasteiger partial charge in [-0.1, -0.05) is 6.07 Å². The lowest BCUT2D eigenvalue weighted by molar-refractivity contribution is -0.445. The Balaban J connectivity index is 2.14. The van der Waals surface area contributed by atoms with Gasteiger partial charge in [-0.15, -0.1) is 5.43 Å². The second kappa shape index (κ2) is 4.16. The van der Waals surface area contributed by atoms with Gasteiger partial charge in [0, 0.05) is 18.8 Å². The van der Waals surface area contributed by atoms with Crippen LogP contribution in [0.2, 0.25) is 0 Å². The van der Waals surface area contributed by atoms with Gasteiger partial charge in [0.1, 0.15) is 5.69 Å². The van der Waals surface area contributed by atoms with Crippen LogP contribution in [-0.2, 0) is 0 Å². The Morgan fingerprint density at radius 3 is 2.73 bits per heavy atom. The Morgan fingerprint density at radius 2 is 2.07 bits per heavy atom. The van der Waals surface area contributed by atoms with Crippen molar-refractivity contribution in [3.8, 4) is 0 Å². The van der Waals surface area contributed by atoms with E-state index >= 15 is 0 Å². The van der Waals surface area contributed by atoms with Gasteiger partial charge in [-0.25, -0.2) is 10.1 Å². The molecule has 1 heterocycles. The quantitative estimate of drug-likeness (QED) is 0.607. The standard InChI is InChI=1S/C10H13N3O2/c14-13(15)11-9-4-3-5-10(8-9)12-6-1-2-7-12/h3-5,8,11H,1-2,6-7H2. The molecule has 0 aromatic heterocycles. The first-order valence-electron chi connectivity index (χ1n) is 5.02. The molecule has 5 heteroatoms. The number of nitrogens with one attached hydrogen (secondary N) is 1. The fourth-order valence-electron chi connectivity index (χ4n) is 1.85. The van der Waals surface area contributed by atoms with Crippen LogP contribution in [0.5, 0.6) is 0 Å². The van der Waals surface area contributed by atoms with Crippen LogP contribution < -0.4 is 10.3 Å². The van der Waals surface area contributed by atoms with E-state index in [0.29, 0.717) is 5.69 Å². The van der Waals surface area contributed by atoms with Crippen molar-refractivity contribution in [3.63, 3.8) is 0 Å². The summed E-state index contributed by atoms with van der Waals surface area (Å²) in [6.07, 6.45) is 2.40. The van der Waals surface area contributed by atoms with Crippen molar-refractivity contribution >= 4 is 11.4 Å². The summed E-state index contributed by atoms with van der Waals surface area (Å²) in [6, 6.07) is 7.33. The molecular weight excluding hydrogens is 194 g/mol. The normalized spacial score (nSPS) is 15.3. The maximum Gasteiger partial charge on any atom is 0.162 e. The lowest BCUT2D eigenvalue weighted by atomic mass is 10.2. The fourth-order valence-corrected chi connectivity index (χ4v) is 1.85. The zero-order valence-electron chi connectivity index (χ0n) is 8.35. The van der Waals surface area contributed by atoms with Gasteiger partial charge in [-0.3, -0.25) is 0 Å². The van der Waals surface area contributed by atoms with Crippen molar-refractivity contribution in [1.82, 2.24) is 0 Å². The summed E-state index contributed by atoms with van der Waals surface area (Å²) >= 11 is 0. The van der Waals surface area contributed by atoms with E-state index in [2.05, 4.69) is 10.3 Å². The largest absolute Gasteiger partial charge is 0.371 e. The minimum absolute atomic E-state index is 0.532. The van der Waals surface area contributed by atoms with Gasteiger partial charge in [0.05, 0.1) is 0 Å². The molecular formula is C10H13N3O2. The molecule has 1 saturated heterocycles. The van der Waals surface area contributed by atoms with Crippen molar-refractivity contribution < 1.29 is 5.03 Å². The van der Waals surface area contributed by atoms with Gasteiger partial charge >= 0.3 is 0 Å². The predicted molar refractivity (Wildman–Crippen MR) is 58.5 cm³/mol. The topological polar surface area (TPSA) is 58.4 Å². The SMILES string of the molecule is O=[N+]([O-])Nc1cccc(N2CCCC2)c1. The predicted octanol–water partition coefficient (Wildman–Crippen LogP) is 1.89. The average Bonchev–Trinajstić information content (AvgIpc) is 2.69. The Labute approximate surface area is 87.8 Å². The van der Waals surface area contributed by atoms with Crippen molar-refractivity contribution in [1.29, 1.82) is 0 Å². The molecule has 2 rings (SSSR count). The van der Waals surface area contributed by atoms with Gasteiger partial charge < -0.3 is 4.90 Å². The molecule has 80 valence electrons. The van der Waals surface area contributed by atoms with Crippen molar-refractivity contribution in [2.45, 2.75) is 12.8 Å². The Hall–Kier alpha value is -1.78. The first kappa shape index (κ1) is 9.76. The minimum atomic E-state index is -0.539. The molecule has 1 fully saturated rings. The number of nitro groups is 1. The number of rotatable bonds is 3. The molecule has 0 spiro atoms. The third kappa shape index (κ3) is 2.37. The second-order valence-corrected chi connectivity index (χ2v) is 3.61. The van der Waals surface area contributed by atoms with E-state index in [1.54, 1.807) is 6.07 Å². The molecule has 0 amide bonds. The molecule has 0 aliphatic carbocycles. The van der Waals surface area contributed by atoms with Crippen molar-refractivity contribution in [2.75, 3.05) is 23.4 Å². The van der Waals surface area contributed by atoms with E-state index < -0.39 is 5.03 Å². The molecule has 0 radical (unpaired) electrons. The molecule has 15 heavy (non-hydrogen) atoms. The van der Waals surface area contributed by atoms with Crippen molar-refractivity contribution in [2.24, 2.45) is 0 Å². The van der Waals surface area contributed by atoms with E-state index in [1.807, 2.05) is 18.2 Å². The summed E-state index contributed by atoms with van der Waals surface area (Å²) in [6.45, 7) is 2.09. The minimum Gasteiger partial charge on any atom is -0.371 e. The van der Waals surface area contributed by atoms with Crippen LogP contribution >= 0.6 is 0 Å². The number of benzene rings is 1. The summed E-state index contributed by atoms with van der Waals surface area (Å²) in [5.74, 6) is 0. The van der Waals surface area contributed by atoms with Crippen LogP contribution in [0.4, 0.5) is 11.4 Å². The highest BCUT2D eigenvalue weighted by Crippen LogP contribution is 2.23. The molecule has 0 unspecified atom stereocenters. The maximum absolute atomic E-state index is 10.3. The Bertz CT molecular complexity index is 361. The van der Waals surface area contributed by atoms with E-state index in [9.17, 15) is 10.1 Å². The van der Waals surface area contributed by atoms with Gasteiger partial charge in [-0.05, 0) is 31.0 Å². The monoisotopic (exact) mass is 207 g/mol. The van der Waals surface area contributed by atoms with Gasteiger partial charge in [0.25, 0.3) is 0 Å². The van der Waals surface area contributed by atoms with Gasteiger partial charge in [-0.2, -0.15) is 0 Å². The first-order valence-corrected chi connectivity index (χ1v) is 5.02. The average molecular weight is 207 g/mol. The van der Waals surface area contributed by atoms with Crippen LogP contribution in [0.15, 0.2) is 24.3 Å². The molecule has 0 bridgehead atoms. The second-order valence-electron chi connectivity index (χ2n) is 3.61. The van der Waals surface area contributed by atoms with E-state index in [4.69, 9.17) is 0 Å². The molecule has 1 aromatic carbocycles. The van der Waals surface area contributed by atoms with Crippen LogP contribution in [0.25, 0.3) is 0 Å². The Morgan fingerprint density at radius 1 is 1.33 bits per heavy atom. The lowest BCUT2D eigenvalue weighted by Gasteiger charge is -2.17. The van der Waals surface area contributed by atoms with Gasteiger partial charge in [0.15, 0.2) is 5.03 Å². The van der Waals surface area contributed by atoms with E-state index in [1.165, 1.54) is 12.8 Å². The number of hydrogen-bond acceptors (Lipinski definition) is 3. The molecule has 1 N–H and O–H groups in total. The van der Waals surface area contributed by atoms with Crippen LogP contribution in [-0.4, -0.2) is 18.1 Å². The summed E-state index contributed by atoms with van der Waals surface area (Å²) in [4.78, 5) is 12.5. The number of nitrogens with zero attached hydrogens (tertiary/aromatic N) is 2. The molecule has 1 aliphatic heterocycles. The van der Waals surface area contributed by atoms with E-state index in [-0.39, 0.29) is 0 Å². The van der Waals surface area contributed by atoms with Crippen LogP contribution in [0, 0.1) is 10.1 Å². The number of anilines is 2. The zero-order chi connectivity index (χ0) is 10.7.